The van der Waals surface area contributed by atoms with Crippen molar-refractivity contribution in [2.24, 2.45) is 11.8 Å². The molecular weight excluding hydrogens is 210 g/mol. The van der Waals surface area contributed by atoms with E-state index in [2.05, 4.69) is 15.6 Å². The molecule has 82 valence electrons. The third-order valence-electron chi connectivity index (χ3n) is 2.79. The summed E-state index contributed by atoms with van der Waals surface area (Å²) in [6, 6.07) is 0. The lowest BCUT2D eigenvalue weighted by Crippen LogP contribution is -2.48. The number of hydrogen-bond acceptors (Lipinski definition) is 4. The quantitative estimate of drug-likeness (QED) is 0.814. The summed E-state index contributed by atoms with van der Waals surface area (Å²) in [5.74, 6) is 0.623. The average molecular weight is 225 g/mol. The van der Waals surface area contributed by atoms with Crippen LogP contribution < -0.4 is 10.6 Å². The summed E-state index contributed by atoms with van der Waals surface area (Å²) < 4.78 is 0. The molecule has 2 heterocycles. The van der Waals surface area contributed by atoms with E-state index in [0.717, 1.165) is 18.0 Å². The topological polar surface area (TPSA) is 54.0 Å². The number of nitrogens with one attached hydrogen (secondary N) is 2. The van der Waals surface area contributed by atoms with Crippen LogP contribution in [0, 0.1) is 18.8 Å². The van der Waals surface area contributed by atoms with Crippen molar-refractivity contribution in [3.63, 3.8) is 0 Å². The van der Waals surface area contributed by atoms with E-state index in [9.17, 15) is 4.79 Å². The molecule has 4 nitrogen and oxygen atoms in total. The van der Waals surface area contributed by atoms with Crippen LogP contribution in [-0.2, 0) is 4.79 Å². The molecule has 0 saturated carbocycles. The number of thiazole rings is 1. The van der Waals surface area contributed by atoms with Crippen LogP contribution in [0.4, 0.5) is 5.13 Å². The second kappa shape index (κ2) is 4.28. The molecule has 1 aromatic heterocycles. The van der Waals surface area contributed by atoms with Gasteiger partial charge in [0.25, 0.3) is 0 Å². The number of anilines is 1. The summed E-state index contributed by atoms with van der Waals surface area (Å²) in [6.45, 7) is 5.85. The summed E-state index contributed by atoms with van der Waals surface area (Å²) in [6.07, 6.45) is 1.77. The monoisotopic (exact) mass is 225 g/mol. The minimum absolute atomic E-state index is 0.0652. The van der Waals surface area contributed by atoms with E-state index in [1.54, 1.807) is 6.20 Å². The third-order valence-corrected chi connectivity index (χ3v) is 3.61. The van der Waals surface area contributed by atoms with Crippen LogP contribution in [0.5, 0.6) is 0 Å². The van der Waals surface area contributed by atoms with Crippen LogP contribution in [-0.4, -0.2) is 24.0 Å². The average Bonchev–Trinajstić information content (AvgIpc) is 2.48. The fourth-order valence-electron chi connectivity index (χ4n) is 1.51. The van der Waals surface area contributed by atoms with Gasteiger partial charge in [0.05, 0.1) is 0 Å². The lowest BCUT2D eigenvalue weighted by molar-refractivity contribution is -0.121. The van der Waals surface area contributed by atoms with E-state index in [-0.39, 0.29) is 11.8 Å². The second-order valence-electron chi connectivity index (χ2n) is 3.97. The van der Waals surface area contributed by atoms with Crippen LogP contribution in [0.15, 0.2) is 6.20 Å². The molecule has 0 radical (unpaired) electrons. The number of carbonyl (C=O) groups excluding carboxylic acids is 1. The summed E-state index contributed by atoms with van der Waals surface area (Å²) in [4.78, 5) is 17.0. The van der Waals surface area contributed by atoms with Crippen LogP contribution in [0.1, 0.15) is 11.8 Å². The highest BCUT2D eigenvalue weighted by Gasteiger charge is 2.28. The molecule has 1 saturated heterocycles. The molecule has 1 fully saturated rings. The van der Waals surface area contributed by atoms with Crippen molar-refractivity contribution in [1.29, 1.82) is 0 Å². The SMILES string of the molecule is Cc1cnc(NC(=O)C(C)C2CNC2)s1. The first kappa shape index (κ1) is 10.6. The van der Waals surface area contributed by atoms with Crippen LogP contribution in [0.25, 0.3) is 0 Å². The third kappa shape index (κ3) is 2.35. The van der Waals surface area contributed by atoms with Gasteiger partial charge in [-0.05, 0) is 25.9 Å². The zero-order valence-corrected chi connectivity index (χ0v) is 9.73. The second-order valence-corrected chi connectivity index (χ2v) is 5.21. The molecular formula is C10H15N3OS. The Bertz CT molecular complexity index is 359. The van der Waals surface area contributed by atoms with Gasteiger partial charge in [-0.3, -0.25) is 4.79 Å². The lowest BCUT2D eigenvalue weighted by Gasteiger charge is -2.31. The number of aromatic nitrogens is 1. The van der Waals surface area contributed by atoms with E-state index in [1.165, 1.54) is 11.3 Å². The number of hydrogen-bond donors (Lipinski definition) is 2. The van der Waals surface area contributed by atoms with Crippen molar-refractivity contribution in [2.75, 3.05) is 18.4 Å². The van der Waals surface area contributed by atoms with Gasteiger partial charge in [-0.25, -0.2) is 4.98 Å². The molecule has 1 aliphatic heterocycles. The number of rotatable bonds is 3. The molecule has 5 heteroatoms. The Hall–Kier alpha value is -0.940. The largest absolute Gasteiger partial charge is 0.316 e. The van der Waals surface area contributed by atoms with Gasteiger partial charge >= 0.3 is 0 Å². The van der Waals surface area contributed by atoms with Crippen molar-refractivity contribution in [3.8, 4) is 0 Å². The lowest BCUT2D eigenvalue weighted by atomic mass is 9.88. The molecule has 0 aromatic carbocycles. The Balaban J connectivity index is 1.91. The maximum absolute atomic E-state index is 11.8. The fourth-order valence-corrected chi connectivity index (χ4v) is 2.18. The van der Waals surface area contributed by atoms with Crippen LogP contribution in [0.2, 0.25) is 0 Å². The first-order chi connectivity index (χ1) is 7.16. The zero-order chi connectivity index (χ0) is 10.8. The highest BCUT2D eigenvalue weighted by Crippen LogP contribution is 2.21. The number of carbonyl (C=O) groups is 1. The molecule has 1 atom stereocenters. The van der Waals surface area contributed by atoms with Crippen molar-refractivity contribution in [2.45, 2.75) is 13.8 Å². The predicted molar refractivity (Wildman–Crippen MR) is 61.0 cm³/mol. The van der Waals surface area contributed by atoms with Crippen molar-refractivity contribution >= 4 is 22.4 Å². The van der Waals surface area contributed by atoms with E-state index >= 15 is 0 Å². The van der Waals surface area contributed by atoms with E-state index in [4.69, 9.17) is 0 Å². The normalized spacial score (nSPS) is 18.3. The Morgan fingerprint density at radius 1 is 1.73 bits per heavy atom. The zero-order valence-electron chi connectivity index (χ0n) is 8.91. The van der Waals surface area contributed by atoms with Gasteiger partial charge in [0, 0.05) is 17.0 Å². The van der Waals surface area contributed by atoms with Crippen molar-refractivity contribution < 1.29 is 4.79 Å². The molecule has 1 aromatic rings. The molecule has 1 amide bonds. The molecule has 0 bridgehead atoms. The molecule has 1 aliphatic rings. The van der Waals surface area contributed by atoms with Gasteiger partial charge in [-0.15, -0.1) is 11.3 Å². The first-order valence-electron chi connectivity index (χ1n) is 5.11. The standard InChI is InChI=1S/C10H15N3OS/c1-6-3-12-10(15-6)13-9(14)7(2)8-4-11-5-8/h3,7-8,11H,4-5H2,1-2H3,(H,12,13,14). The molecule has 2 N–H and O–H groups in total. The number of nitrogens with zero attached hydrogens (tertiary/aromatic N) is 1. The minimum Gasteiger partial charge on any atom is -0.316 e. The Morgan fingerprint density at radius 3 is 2.93 bits per heavy atom. The van der Waals surface area contributed by atoms with E-state index in [1.807, 2.05) is 13.8 Å². The predicted octanol–water partition coefficient (Wildman–Crippen LogP) is 1.25. The van der Waals surface area contributed by atoms with Gasteiger partial charge in [0.1, 0.15) is 0 Å². The highest BCUT2D eigenvalue weighted by molar-refractivity contribution is 7.15. The van der Waals surface area contributed by atoms with Crippen LogP contribution in [0.3, 0.4) is 0 Å². The van der Waals surface area contributed by atoms with Crippen molar-refractivity contribution in [1.82, 2.24) is 10.3 Å². The van der Waals surface area contributed by atoms with E-state index < -0.39 is 0 Å². The number of aryl methyl sites for hydroxylation is 1. The Morgan fingerprint density at radius 2 is 2.47 bits per heavy atom. The molecule has 15 heavy (non-hydrogen) atoms. The Kier molecular flexibility index (Phi) is 3.02. The summed E-state index contributed by atoms with van der Waals surface area (Å²) in [5, 5.41) is 6.73. The maximum Gasteiger partial charge on any atom is 0.229 e. The maximum atomic E-state index is 11.8. The van der Waals surface area contributed by atoms with E-state index in [0.29, 0.717) is 11.0 Å². The molecule has 1 unspecified atom stereocenters. The molecule has 0 aliphatic carbocycles. The van der Waals surface area contributed by atoms with Gasteiger partial charge in [0.15, 0.2) is 5.13 Å². The molecule has 0 spiro atoms. The fraction of sp³-hybridized carbons (Fsp3) is 0.600. The number of amides is 1. The minimum atomic E-state index is 0.0652. The van der Waals surface area contributed by atoms with Gasteiger partial charge in [-0.2, -0.15) is 0 Å². The smallest absolute Gasteiger partial charge is 0.229 e. The molecule has 2 rings (SSSR count). The van der Waals surface area contributed by atoms with Gasteiger partial charge < -0.3 is 10.6 Å². The first-order valence-corrected chi connectivity index (χ1v) is 5.92. The highest BCUT2D eigenvalue weighted by atomic mass is 32.1. The summed E-state index contributed by atoms with van der Waals surface area (Å²) in [5.41, 5.74) is 0. The van der Waals surface area contributed by atoms with Crippen LogP contribution >= 0.6 is 11.3 Å². The van der Waals surface area contributed by atoms with Gasteiger partial charge in [-0.1, -0.05) is 6.92 Å². The summed E-state index contributed by atoms with van der Waals surface area (Å²) >= 11 is 1.51. The Labute approximate surface area is 93.1 Å². The summed E-state index contributed by atoms with van der Waals surface area (Å²) in [7, 11) is 0. The van der Waals surface area contributed by atoms with Crippen molar-refractivity contribution in [3.05, 3.63) is 11.1 Å². The van der Waals surface area contributed by atoms with Gasteiger partial charge in [0.2, 0.25) is 5.91 Å².